The van der Waals surface area contributed by atoms with Crippen LogP contribution >= 0.6 is 10.7 Å². The van der Waals surface area contributed by atoms with E-state index in [0.717, 1.165) is 19.3 Å². The molecule has 1 aromatic rings. The summed E-state index contributed by atoms with van der Waals surface area (Å²) in [5.74, 6) is 0.739. The number of furan rings is 1. The zero-order valence-electron chi connectivity index (χ0n) is 8.27. The third-order valence-electron chi connectivity index (χ3n) is 3.42. The van der Waals surface area contributed by atoms with Crippen LogP contribution in [-0.4, -0.2) is 14.2 Å². The van der Waals surface area contributed by atoms with E-state index in [-0.39, 0.29) is 22.7 Å². The maximum atomic E-state index is 11.9. The van der Waals surface area contributed by atoms with Crippen molar-refractivity contribution >= 4 is 25.5 Å². The highest BCUT2D eigenvalue weighted by atomic mass is 35.7. The maximum Gasteiger partial charge on any atom is 0.294 e. The molecule has 2 atom stereocenters. The number of hydrogen-bond donors (Lipinski definition) is 0. The van der Waals surface area contributed by atoms with Gasteiger partial charge < -0.3 is 4.42 Å². The lowest BCUT2D eigenvalue weighted by Crippen LogP contribution is -2.17. The SMILES string of the molecule is O=C1c2cc(S(=O)(=O)Cl)oc2C2CCC1C2. The van der Waals surface area contributed by atoms with Gasteiger partial charge in [-0.15, -0.1) is 0 Å². The van der Waals surface area contributed by atoms with E-state index in [4.69, 9.17) is 15.1 Å². The summed E-state index contributed by atoms with van der Waals surface area (Å²) >= 11 is 0. The van der Waals surface area contributed by atoms with E-state index >= 15 is 0 Å². The van der Waals surface area contributed by atoms with Crippen LogP contribution in [0.4, 0.5) is 0 Å². The summed E-state index contributed by atoms with van der Waals surface area (Å²) in [5.41, 5.74) is 0.415. The van der Waals surface area contributed by atoms with Gasteiger partial charge in [0.25, 0.3) is 9.05 Å². The first kappa shape index (κ1) is 10.4. The summed E-state index contributed by atoms with van der Waals surface area (Å²) in [6, 6.07) is 1.27. The van der Waals surface area contributed by atoms with Gasteiger partial charge in [0.1, 0.15) is 5.76 Å². The summed E-state index contributed by atoms with van der Waals surface area (Å²) in [6.07, 6.45) is 2.54. The van der Waals surface area contributed by atoms with E-state index in [1.54, 1.807) is 0 Å². The molecule has 2 bridgehead atoms. The molecule has 2 unspecified atom stereocenters. The molecule has 4 nitrogen and oxygen atoms in total. The van der Waals surface area contributed by atoms with Crippen LogP contribution in [0.1, 0.15) is 41.3 Å². The van der Waals surface area contributed by atoms with Crippen LogP contribution in [0.3, 0.4) is 0 Å². The maximum absolute atomic E-state index is 11.9. The lowest BCUT2D eigenvalue weighted by atomic mass is 9.87. The van der Waals surface area contributed by atoms with E-state index in [9.17, 15) is 13.2 Å². The van der Waals surface area contributed by atoms with Crippen molar-refractivity contribution in [3.8, 4) is 0 Å². The molecule has 2 aliphatic rings. The van der Waals surface area contributed by atoms with Crippen LogP contribution in [0.25, 0.3) is 0 Å². The normalized spacial score (nSPS) is 28.2. The monoisotopic (exact) mass is 260 g/mol. The predicted octanol–water partition coefficient (Wildman–Crippen LogP) is 2.29. The van der Waals surface area contributed by atoms with Crippen molar-refractivity contribution < 1.29 is 17.6 Å². The number of carbonyl (C=O) groups excluding carboxylic acids is 1. The molecule has 1 saturated carbocycles. The molecule has 16 heavy (non-hydrogen) atoms. The van der Waals surface area contributed by atoms with Crippen molar-refractivity contribution in [3.63, 3.8) is 0 Å². The van der Waals surface area contributed by atoms with Crippen LogP contribution in [0.5, 0.6) is 0 Å². The Balaban J connectivity index is 2.18. The van der Waals surface area contributed by atoms with Crippen molar-refractivity contribution in [1.29, 1.82) is 0 Å². The van der Waals surface area contributed by atoms with E-state index in [1.165, 1.54) is 6.07 Å². The molecule has 1 aromatic heterocycles. The highest BCUT2D eigenvalue weighted by molar-refractivity contribution is 8.13. The average Bonchev–Trinajstić information content (AvgIpc) is 2.80. The molecule has 2 aliphatic carbocycles. The van der Waals surface area contributed by atoms with Gasteiger partial charge in [0.05, 0.1) is 5.56 Å². The van der Waals surface area contributed by atoms with Gasteiger partial charge in [0.15, 0.2) is 5.78 Å². The van der Waals surface area contributed by atoms with Crippen molar-refractivity contribution in [2.75, 3.05) is 0 Å². The molecular weight excluding hydrogens is 252 g/mol. The smallest absolute Gasteiger partial charge is 0.294 e. The molecule has 0 N–H and O–H groups in total. The summed E-state index contributed by atoms with van der Waals surface area (Å²) in [5, 5.41) is -0.305. The number of ketones is 1. The van der Waals surface area contributed by atoms with Gasteiger partial charge >= 0.3 is 0 Å². The van der Waals surface area contributed by atoms with Crippen LogP contribution in [0, 0.1) is 5.92 Å². The second kappa shape index (κ2) is 3.11. The fourth-order valence-electron chi connectivity index (χ4n) is 2.68. The fraction of sp³-hybridized carbons (Fsp3) is 0.500. The molecule has 0 saturated heterocycles. The van der Waals surface area contributed by atoms with Crippen LogP contribution < -0.4 is 0 Å². The zero-order valence-corrected chi connectivity index (χ0v) is 9.85. The Labute approximate surface area is 97.0 Å². The number of carbonyl (C=O) groups is 1. The Bertz CT molecular complexity index is 572. The number of fused-ring (bicyclic) bond motifs is 4. The minimum absolute atomic E-state index is 0.000864. The van der Waals surface area contributed by atoms with Gasteiger partial charge in [-0.1, -0.05) is 0 Å². The third-order valence-corrected chi connectivity index (χ3v) is 4.56. The van der Waals surface area contributed by atoms with Gasteiger partial charge in [0.2, 0.25) is 5.09 Å². The largest absolute Gasteiger partial charge is 0.447 e. The quantitative estimate of drug-likeness (QED) is 0.727. The number of rotatable bonds is 1. The van der Waals surface area contributed by atoms with E-state index in [2.05, 4.69) is 0 Å². The molecular formula is C10H9ClO4S. The van der Waals surface area contributed by atoms with Crippen molar-refractivity contribution in [2.24, 2.45) is 5.92 Å². The first-order chi connectivity index (χ1) is 7.47. The molecule has 1 fully saturated rings. The Morgan fingerprint density at radius 3 is 2.69 bits per heavy atom. The minimum atomic E-state index is -3.88. The summed E-state index contributed by atoms with van der Waals surface area (Å²) < 4.78 is 27.5. The van der Waals surface area contributed by atoms with Crippen molar-refractivity contribution in [1.82, 2.24) is 0 Å². The van der Waals surface area contributed by atoms with Crippen molar-refractivity contribution in [3.05, 3.63) is 17.4 Å². The van der Waals surface area contributed by atoms with Crippen molar-refractivity contribution in [2.45, 2.75) is 30.3 Å². The summed E-state index contributed by atoms with van der Waals surface area (Å²) in [7, 11) is 1.31. The molecule has 0 amide bonds. The van der Waals surface area contributed by atoms with E-state index < -0.39 is 9.05 Å². The molecule has 3 rings (SSSR count). The third kappa shape index (κ3) is 1.34. The Morgan fingerprint density at radius 2 is 2.00 bits per heavy atom. The summed E-state index contributed by atoms with van der Waals surface area (Å²) in [4.78, 5) is 11.9. The first-order valence-corrected chi connectivity index (χ1v) is 7.40. The van der Waals surface area contributed by atoms with Crippen LogP contribution in [0.15, 0.2) is 15.6 Å². The van der Waals surface area contributed by atoms with Gasteiger partial charge in [0, 0.05) is 28.6 Å². The minimum Gasteiger partial charge on any atom is -0.447 e. The molecule has 0 aromatic carbocycles. The number of Topliss-reactive ketones (excluding diaryl/α,β-unsaturated/α-hetero) is 1. The standard InChI is InChI=1S/C10H9ClO4S/c11-16(13,14)8-4-7-9(12)5-1-2-6(3-5)10(7)15-8/h4-6H,1-3H2. The predicted molar refractivity (Wildman–Crippen MR) is 56.2 cm³/mol. The fourth-order valence-corrected chi connectivity index (χ4v) is 3.35. The van der Waals surface area contributed by atoms with E-state index in [1.807, 2.05) is 0 Å². The van der Waals surface area contributed by atoms with Gasteiger partial charge in [-0.05, 0) is 19.3 Å². The highest BCUT2D eigenvalue weighted by Crippen LogP contribution is 2.47. The number of hydrogen-bond acceptors (Lipinski definition) is 4. The van der Waals surface area contributed by atoms with Gasteiger partial charge in [-0.2, -0.15) is 0 Å². The lowest BCUT2D eigenvalue weighted by molar-refractivity contribution is 0.0910. The highest BCUT2D eigenvalue weighted by Gasteiger charge is 2.42. The van der Waals surface area contributed by atoms with Gasteiger partial charge in [-0.25, -0.2) is 8.42 Å². The lowest BCUT2D eigenvalue weighted by Gasteiger charge is -2.15. The second-order valence-electron chi connectivity index (χ2n) is 4.35. The molecule has 1 heterocycles. The Hall–Kier alpha value is -0.810. The molecule has 0 aliphatic heterocycles. The number of halogens is 1. The topological polar surface area (TPSA) is 64.3 Å². The van der Waals surface area contributed by atoms with Gasteiger partial charge in [-0.3, -0.25) is 4.79 Å². The molecule has 86 valence electrons. The zero-order chi connectivity index (χ0) is 11.5. The first-order valence-electron chi connectivity index (χ1n) is 5.09. The van der Waals surface area contributed by atoms with Crippen LogP contribution in [-0.2, 0) is 9.05 Å². The Kier molecular flexibility index (Phi) is 2.01. The second-order valence-corrected chi connectivity index (χ2v) is 6.85. The molecule has 6 heteroatoms. The summed E-state index contributed by atoms with van der Waals surface area (Å²) in [6.45, 7) is 0. The van der Waals surface area contributed by atoms with E-state index in [0.29, 0.717) is 11.3 Å². The molecule has 0 spiro atoms. The van der Waals surface area contributed by atoms with Crippen LogP contribution in [0.2, 0.25) is 0 Å². The average molecular weight is 261 g/mol. The Morgan fingerprint density at radius 1 is 1.31 bits per heavy atom. The molecule has 0 radical (unpaired) electrons.